The lowest BCUT2D eigenvalue weighted by molar-refractivity contribution is -0.147. The number of carbonyl (C=O) groups excluding carboxylic acids is 3. The Hall–Kier alpha value is -1.89. The van der Waals surface area contributed by atoms with Crippen molar-refractivity contribution in [3.05, 3.63) is 30.1 Å². The number of hydrogen-bond donors (Lipinski definition) is 1. The van der Waals surface area contributed by atoms with E-state index >= 15 is 0 Å². The van der Waals surface area contributed by atoms with Crippen LogP contribution in [-0.2, 0) is 14.4 Å². The number of halogens is 1. The van der Waals surface area contributed by atoms with Crippen LogP contribution in [0.4, 0.5) is 10.1 Å². The minimum Gasteiger partial charge on any atom is -0.324 e. The standard InChI is InChI=1S/C14H15FN2O3S/c1-8-13(19)17(14(20)9(2)21-8)7-12(18)16-11-5-3-4-10(15)6-11/h3-6,8-9H,7H2,1-2H3,(H,16,18)/t8-,9-/m1/s1. The highest BCUT2D eigenvalue weighted by Gasteiger charge is 2.37. The monoisotopic (exact) mass is 310 g/mol. The minimum absolute atomic E-state index is 0.285. The van der Waals surface area contributed by atoms with Crippen molar-refractivity contribution in [1.82, 2.24) is 4.90 Å². The Balaban J connectivity index is 2.04. The van der Waals surface area contributed by atoms with Crippen LogP contribution >= 0.6 is 11.8 Å². The summed E-state index contributed by atoms with van der Waals surface area (Å²) in [7, 11) is 0. The Bertz CT molecular complexity index is 573. The number of nitrogens with one attached hydrogen (secondary N) is 1. The van der Waals surface area contributed by atoms with Crippen LogP contribution in [0.2, 0.25) is 0 Å². The molecule has 7 heteroatoms. The molecule has 5 nitrogen and oxygen atoms in total. The quantitative estimate of drug-likeness (QED) is 0.862. The molecule has 0 aromatic heterocycles. The highest BCUT2D eigenvalue weighted by Crippen LogP contribution is 2.26. The molecule has 1 saturated heterocycles. The van der Waals surface area contributed by atoms with Gasteiger partial charge in [0.25, 0.3) is 0 Å². The number of hydrogen-bond acceptors (Lipinski definition) is 4. The molecule has 1 heterocycles. The second-order valence-corrected chi connectivity index (χ2v) is 6.43. The first-order valence-corrected chi connectivity index (χ1v) is 7.39. The fourth-order valence-electron chi connectivity index (χ4n) is 2.04. The molecular weight excluding hydrogens is 295 g/mol. The van der Waals surface area contributed by atoms with E-state index in [1.165, 1.54) is 36.0 Å². The lowest BCUT2D eigenvalue weighted by atomic mass is 10.2. The molecule has 0 aliphatic carbocycles. The highest BCUT2D eigenvalue weighted by molar-refractivity contribution is 8.02. The predicted molar refractivity (Wildman–Crippen MR) is 78.3 cm³/mol. The first-order valence-electron chi connectivity index (χ1n) is 6.44. The van der Waals surface area contributed by atoms with Gasteiger partial charge in [-0.3, -0.25) is 19.3 Å². The van der Waals surface area contributed by atoms with Gasteiger partial charge in [0, 0.05) is 5.69 Å². The van der Waals surface area contributed by atoms with E-state index in [0.717, 1.165) is 4.90 Å². The maximum atomic E-state index is 13.0. The smallest absolute Gasteiger partial charge is 0.244 e. The van der Waals surface area contributed by atoms with Crippen molar-refractivity contribution < 1.29 is 18.8 Å². The summed E-state index contributed by atoms with van der Waals surface area (Å²) in [5, 5.41) is 1.75. The van der Waals surface area contributed by atoms with Crippen LogP contribution in [0.1, 0.15) is 13.8 Å². The highest BCUT2D eigenvalue weighted by atomic mass is 32.2. The summed E-state index contributed by atoms with van der Waals surface area (Å²) in [5.74, 6) is -1.76. The Labute approximate surface area is 125 Å². The number of nitrogens with zero attached hydrogens (tertiary/aromatic N) is 1. The Morgan fingerprint density at radius 2 is 1.90 bits per heavy atom. The van der Waals surface area contributed by atoms with E-state index in [2.05, 4.69) is 5.32 Å². The Kier molecular flexibility index (Phi) is 4.62. The van der Waals surface area contributed by atoms with Crippen LogP contribution in [0.3, 0.4) is 0 Å². The van der Waals surface area contributed by atoms with Crippen molar-refractivity contribution in [2.75, 3.05) is 11.9 Å². The molecule has 1 aliphatic rings. The number of rotatable bonds is 3. The van der Waals surface area contributed by atoms with Crippen molar-refractivity contribution in [2.45, 2.75) is 24.3 Å². The van der Waals surface area contributed by atoms with Crippen LogP contribution in [0, 0.1) is 5.82 Å². The summed E-state index contributed by atoms with van der Waals surface area (Å²) in [6.07, 6.45) is 0. The van der Waals surface area contributed by atoms with E-state index in [9.17, 15) is 18.8 Å². The van der Waals surface area contributed by atoms with Crippen molar-refractivity contribution in [3.63, 3.8) is 0 Å². The van der Waals surface area contributed by atoms with Gasteiger partial charge in [0.05, 0.1) is 10.5 Å². The van der Waals surface area contributed by atoms with E-state index in [4.69, 9.17) is 0 Å². The van der Waals surface area contributed by atoms with Crippen LogP contribution in [0.25, 0.3) is 0 Å². The van der Waals surface area contributed by atoms with Crippen molar-refractivity contribution >= 4 is 35.2 Å². The molecule has 112 valence electrons. The average Bonchev–Trinajstić information content (AvgIpc) is 2.41. The van der Waals surface area contributed by atoms with Crippen molar-refractivity contribution in [3.8, 4) is 0 Å². The summed E-state index contributed by atoms with van der Waals surface area (Å²) in [5.41, 5.74) is 0.285. The number of benzene rings is 1. The zero-order chi connectivity index (χ0) is 15.6. The van der Waals surface area contributed by atoms with Crippen molar-refractivity contribution in [2.24, 2.45) is 0 Å². The molecule has 1 fully saturated rings. The second-order valence-electron chi connectivity index (χ2n) is 4.74. The molecule has 1 aliphatic heterocycles. The molecule has 3 amide bonds. The summed E-state index contributed by atoms with van der Waals surface area (Å²) in [6.45, 7) is 3.05. The first-order chi connectivity index (χ1) is 9.88. The van der Waals surface area contributed by atoms with Gasteiger partial charge in [-0.15, -0.1) is 11.8 Å². The number of thioether (sulfide) groups is 1. The molecule has 2 atom stereocenters. The normalized spacial score (nSPS) is 22.3. The van der Waals surface area contributed by atoms with Gasteiger partial charge in [-0.05, 0) is 32.0 Å². The number of amides is 3. The largest absolute Gasteiger partial charge is 0.324 e. The maximum Gasteiger partial charge on any atom is 0.244 e. The third kappa shape index (κ3) is 3.60. The van der Waals surface area contributed by atoms with Gasteiger partial charge in [-0.2, -0.15) is 0 Å². The zero-order valence-electron chi connectivity index (χ0n) is 11.6. The molecule has 0 spiro atoms. The molecule has 0 saturated carbocycles. The molecule has 1 aromatic rings. The lowest BCUT2D eigenvalue weighted by Gasteiger charge is -2.31. The van der Waals surface area contributed by atoms with E-state index < -0.39 is 11.7 Å². The van der Waals surface area contributed by atoms with Gasteiger partial charge in [0.15, 0.2) is 0 Å². The molecule has 1 aromatic carbocycles. The van der Waals surface area contributed by atoms with Crippen molar-refractivity contribution in [1.29, 1.82) is 0 Å². The van der Waals surface area contributed by atoms with E-state index in [1.54, 1.807) is 13.8 Å². The average molecular weight is 310 g/mol. The Morgan fingerprint density at radius 3 is 2.48 bits per heavy atom. The van der Waals surface area contributed by atoms with Gasteiger partial charge in [-0.1, -0.05) is 6.07 Å². The molecular formula is C14H15FN2O3S. The van der Waals surface area contributed by atoms with Gasteiger partial charge in [-0.25, -0.2) is 4.39 Å². The van der Waals surface area contributed by atoms with Gasteiger partial charge < -0.3 is 5.32 Å². The fraction of sp³-hybridized carbons (Fsp3) is 0.357. The predicted octanol–water partition coefficient (Wildman–Crippen LogP) is 1.64. The molecule has 0 bridgehead atoms. The molecule has 21 heavy (non-hydrogen) atoms. The topological polar surface area (TPSA) is 66.5 Å². The SMILES string of the molecule is C[C@H]1S[C@H](C)C(=O)N(CC(=O)Nc2cccc(F)c2)C1=O. The minimum atomic E-state index is -0.534. The zero-order valence-corrected chi connectivity index (χ0v) is 12.4. The number of carbonyl (C=O) groups is 3. The van der Waals surface area contributed by atoms with Crippen LogP contribution in [0.15, 0.2) is 24.3 Å². The summed E-state index contributed by atoms with van der Waals surface area (Å²) in [4.78, 5) is 36.8. The first kappa shape index (κ1) is 15.5. The van der Waals surface area contributed by atoms with Crippen LogP contribution in [0.5, 0.6) is 0 Å². The fourth-order valence-corrected chi connectivity index (χ4v) is 3.14. The van der Waals surface area contributed by atoms with Crippen LogP contribution < -0.4 is 5.32 Å². The molecule has 0 radical (unpaired) electrons. The third-order valence-corrected chi connectivity index (χ3v) is 4.27. The van der Waals surface area contributed by atoms with E-state index in [0.29, 0.717) is 0 Å². The summed E-state index contributed by atoms with van der Waals surface area (Å²) < 4.78 is 13.0. The third-order valence-electron chi connectivity index (χ3n) is 3.05. The number of imide groups is 1. The molecule has 1 N–H and O–H groups in total. The maximum absolute atomic E-state index is 13.0. The molecule has 2 rings (SSSR count). The van der Waals surface area contributed by atoms with Gasteiger partial charge >= 0.3 is 0 Å². The lowest BCUT2D eigenvalue weighted by Crippen LogP contribution is -2.52. The summed E-state index contributed by atoms with van der Waals surface area (Å²) in [6, 6.07) is 5.41. The van der Waals surface area contributed by atoms with Gasteiger partial charge in [0.1, 0.15) is 12.4 Å². The summed E-state index contributed by atoms with van der Waals surface area (Å²) >= 11 is 1.27. The van der Waals surface area contributed by atoms with Crippen LogP contribution in [-0.4, -0.2) is 39.7 Å². The second kappa shape index (κ2) is 6.26. The number of anilines is 1. The Morgan fingerprint density at radius 1 is 1.29 bits per heavy atom. The van der Waals surface area contributed by atoms with Gasteiger partial charge in [0.2, 0.25) is 17.7 Å². The van der Waals surface area contributed by atoms with E-state index in [1.807, 2.05) is 0 Å². The molecule has 0 unspecified atom stereocenters. The van der Waals surface area contributed by atoms with E-state index in [-0.39, 0.29) is 34.5 Å².